The van der Waals surface area contributed by atoms with Crippen LogP contribution >= 0.6 is 22.6 Å². The van der Waals surface area contributed by atoms with Gasteiger partial charge in [0.1, 0.15) is 0 Å². The molecule has 1 aliphatic heterocycles. The van der Waals surface area contributed by atoms with Gasteiger partial charge in [-0.2, -0.15) is 0 Å². The fourth-order valence-electron chi connectivity index (χ4n) is 1.94. The second-order valence-electron chi connectivity index (χ2n) is 4.63. The van der Waals surface area contributed by atoms with Gasteiger partial charge in [-0.05, 0) is 53.9 Å². The van der Waals surface area contributed by atoms with Gasteiger partial charge in [-0.15, -0.1) is 0 Å². The quantitative estimate of drug-likeness (QED) is 0.831. The Morgan fingerprint density at radius 3 is 2.44 bits per heavy atom. The largest absolute Gasteiger partial charge is 0.325 e. The van der Waals surface area contributed by atoms with E-state index in [-0.39, 0.29) is 5.91 Å². The van der Waals surface area contributed by atoms with Crippen LogP contribution in [0.25, 0.3) is 0 Å². The number of nitrogens with zero attached hydrogens (tertiary/aromatic N) is 2. The topological polar surface area (TPSA) is 35.6 Å². The maximum absolute atomic E-state index is 11.9. The Balaban J connectivity index is 1.80. The minimum Gasteiger partial charge on any atom is -0.325 e. The smallest absolute Gasteiger partial charge is 0.238 e. The number of hydrogen-bond acceptors (Lipinski definition) is 3. The van der Waals surface area contributed by atoms with Crippen molar-refractivity contribution in [3.05, 3.63) is 27.8 Å². The third-order valence-electron chi connectivity index (χ3n) is 3.09. The summed E-state index contributed by atoms with van der Waals surface area (Å²) in [6, 6.07) is 7.85. The van der Waals surface area contributed by atoms with Crippen LogP contribution < -0.4 is 5.32 Å². The highest BCUT2D eigenvalue weighted by Crippen LogP contribution is 2.11. The second-order valence-corrected chi connectivity index (χ2v) is 5.88. The first-order valence-electron chi connectivity index (χ1n) is 6.10. The first kappa shape index (κ1) is 13.8. The molecule has 1 aliphatic rings. The van der Waals surface area contributed by atoms with Crippen molar-refractivity contribution in [1.82, 2.24) is 9.80 Å². The molecule has 0 aliphatic carbocycles. The van der Waals surface area contributed by atoms with Crippen LogP contribution in [0.2, 0.25) is 0 Å². The number of likely N-dealkylation sites (N-methyl/N-ethyl adjacent to an activating group) is 1. The van der Waals surface area contributed by atoms with Crippen molar-refractivity contribution >= 4 is 34.2 Å². The van der Waals surface area contributed by atoms with E-state index in [1.165, 1.54) is 3.57 Å². The van der Waals surface area contributed by atoms with Crippen LogP contribution in [0.5, 0.6) is 0 Å². The van der Waals surface area contributed by atoms with Gasteiger partial charge in [-0.3, -0.25) is 9.69 Å². The molecule has 1 N–H and O–H groups in total. The fraction of sp³-hybridized carbons (Fsp3) is 0.462. The number of benzene rings is 1. The Morgan fingerprint density at radius 1 is 1.22 bits per heavy atom. The molecule has 98 valence electrons. The number of nitrogens with one attached hydrogen (secondary N) is 1. The maximum atomic E-state index is 11.9. The molecule has 18 heavy (non-hydrogen) atoms. The summed E-state index contributed by atoms with van der Waals surface area (Å²) < 4.78 is 1.17. The van der Waals surface area contributed by atoms with Crippen molar-refractivity contribution in [3.63, 3.8) is 0 Å². The lowest BCUT2D eigenvalue weighted by Gasteiger charge is -2.31. The zero-order valence-corrected chi connectivity index (χ0v) is 12.7. The molecule has 1 heterocycles. The molecule has 5 heteroatoms. The van der Waals surface area contributed by atoms with Gasteiger partial charge in [0.15, 0.2) is 0 Å². The van der Waals surface area contributed by atoms with Gasteiger partial charge in [0, 0.05) is 35.4 Å². The predicted molar refractivity (Wildman–Crippen MR) is 81.7 cm³/mol. The lowest BCUT2D eigenvalue weighted by molar-refractivity contribution is -0.117. The lowest BCUT2D eigenvalue weighted by Crippen LogP contribution is -2.47. The van der Waals surface area contributed by atoms with Crippen molar-refractivity contribution in [2.24, 2.45) is 0 Å². The average Bonchev–Trinajstić information content (AvgIpc) is 2.35. The van der Waals surface area contributed by atoms with Gasteiger partial charge < -0.3 is 10.2 Å². The molecule has 4 nitrogen and oxygen atoms in total. The van der Waals surface area contributed by atoms with E-state index in [0.717, 1.165) is 31.9 Å². The van der Waals surface area contributed by atoms with Crippen molar-refractivity contribution < 1.29 is 4.79 Å². The summed E-state index contributed by atoms with van der Waals surface area (Å²) in [7, 11) is 2.11. The third kappa shape index (κ3) is 4.22. The van der Waals surface area contributed by atoms with Crippen molar-refractivity contribution in [2.75, 3.05) is 45.1 Å². The van der Waals surface area contributed by atoms with Crippen molar-refractivity contribution in [1.29, 1.82) is 0 Å². The number of amides is 1. The normalized spacial score (nSPS) is 17.7. The lowest BCUT2D eigenvalue weighted by atomic mass is 10.3. The molecule has 2 rings (SSSR count). The van der Waals surface area contributed by atoms with Crippen LogP contribution in [-0.4, -0.2) is 55.5 Å². The van der Waals surface area contributed by atoms with Crippen LogP contribution in [0.1, 0.15) is 0 Å². The SMILES string of the molecule is CN1CCN(CC(=O)Nc2ccc(I)cc2)CC1. The minimum atomic E-state index is 0.0701. The highest BCUT2D eigenvalue weighted by molar-refractivity contribution is 14.1. The molecular formula is C13H18IN3O. The summed E-state index contributed by atoms with van der Waals surface area (Å²) in [5.74, 6) is 0.0701. The van der Waals surface area contributed by atoms with E-state index >= 15 is 0 Å². The first-order valence-corrected chi connectivity index (χ1v) is 7.18. The number of carbonyl (C=O) groups excluding carboxylic acids is 1. The van der Waals surface area contributed by atoms with Crippen LogP contribution in [-0.2, 0) is 4.79 Å². The minimum absolute atomic E-state index is 0.0701. The molecule has 1 fully saturated rings. The summed E-state index contributed by atoms with van der Waals surface area (Å²) in [6.45, 7) is 4.50. The highest BCUT2D eigenvalue weighted by Gasteiger charge is 2.16. The summed E-state index contributed by atoms with van der Waals surface area (Å²) in [4.78, 5) is 16.4. The first-order chi connectivity index (χ1) is 8.63. The maximum Gasteiger partial charge on any atom is 0.238 e. The van der Waals surface area contributed by atoms with Gasteiger partial charge in [-0.25, -0.2) is 0 Å². The van der Waals surface area contributed by atoms with E-state index in [2.05, 4.69) is 44.8 Å². The molecule has 0 radical (unpaired) electrons. The summed E-state index contributed by atoms with van der Waals surface area (Å²) in [6.07, 6.45) is 0. The van der Waals surface area contributed by atoms with Gasteiger partial charge in [0.2, 0.25) is 5.91 Å². The Bertz CT molecular complexity index is 399. The molecule has 0 bridgehead atoms. The molecule has 0 aromatic heterocycles. The van der Waals surface area contributed by atoms with E-state index in [4.69, 9.17) is 0 Å². The van der Waals surface area contributed by atoms with Gasteiger partial charge >= 0.3 is 0 Å². The molecule has 0 unspecified atom stereocenters. The van der Waals surface area contributed by atoms with Crippen molar-refractivity contribution in [3.8, 4) is 0 Å². The molecule has 0 atom stereocenters. The Hall–Kier alpha value is -0.660. The second kappa shape index (κ2) is 6.49. The predicted octanol–water partition coefficient (Wildman–Crippen LogP) is 1.48. The monoisotopic (exact) mass is 359 g/mol. The van der Waals surface area contributed by atoms with E-state index in [0.29, 0.717) is 6.54 Å². The molecule has 1 aromatic carbocycles. The van der Waals surface area contributed by atoms with E-state index in [9.17, 15) is 4.79 Å². The Morgan fingerprint density at radius 2 is 1.83 bits per heavy atom. The molecule has 0 saturated carbocycles. The summed E-state index contributed by atoms with van der Waals surface area (Å²) in [5.41, 5.74) is 0.870. The number of anilines is 1. The molecular weight excluding hydrogens is 341 g/mol. The number of carbonyl (C=O) groups is 1. The third-order valence-corrected chi connectivity index (χ3v) is 3.81. The number of rotatable bonds is 3. The highest BCUT2D eigenvalue weighted by atomic mass is 127. The van der Waals surface area contributed by atoms with Gasteiger partial charge in [-0.1, -0.05) is 0 Å². The van der Waals surface area contributed by atoms with Crippen LogP contribution in [0.4, 0.5) is 5.69 Å². The van der Waals surface area contributed by atoms with Crippen LogP contribution in [0.15, 0.2) is 24.3 Å². The van der Waals surface area contributed by atoms with Gasteiger partial charge in [0.25, 0.3) is 0 Å². The molecule has 1 saturated heterocycles. The van der Waals surface area contributed by atoms with E-state index in [1.54, 1.807) is 0 Å². The van der Waals surface area contributed by atoms with Crippen LogP contribution in [0.3, 0.4) is 0 Å². The van der Waals surface area contributed by atoms with Crippen LogP contribution in [0, 0.1) is 3.57 Å². The Kier molecular flexibility index (Phi) is 4.96. The fourth-order valence-corrected chi connectivity index (χ4v) is 2.30. The van der Waals surface area contributed by atoms with Gasteiger partial charge in [0.05, 0.1) is 6.54 Å². The standard InChI is InChI=1S/C13H18IN3O/c1-16-6-8-17(9-7-16)10-13(18)15-12-4-2-11(14)3-5-12/h2-5H,6-10H2,1H3,(H,15,18). The van der Waals surface area contributed by atoms with E-state index < -0.39 is 0 Å². The van der Waals surface area contributed by atoms with E-state index in [1.807, 2.05) is 24.3 Å². The number of piperazine rings is 1. The summed E-state index contributed by atoms with van der Waals surface area (Å²) >= 11 is 2.25. The zero-order valence-electron chi connectivity index (χ0n) is 10.5. The zero-order chi connectivity index (χ0) is 13.0. The van der Waals surface area contributed by atoms with Crippen molar-refractivity contribution in [2.45, 2.75) is 0 Å². The number of halogens is 1. The summed E-state index contributed by atoms with van der Waals surface area (Å²) in [5, 5.41) is 2.93. The molecule has 1 amide bonds. The number of hydrogen-bond donors (Lipinski definition) is 1. The average molecular weight is 359 g/mol. The molecule has 0 spiro atoms. The molecule has 1 aromatic rings. The Labute approximate surface area is 121 Å².